The highest BCUT2D eigenvalue weighted by Gasteiger charge is 2.19. The molecule has 0 bridgehead atoms. The predicted octanol–water partition coefficient (Wildman–Crippen LogP) is 2.72. The molecule has 0 saturated carbocycles. The summed E-state index contributed by atoms with van der Waals surface area (Å²) >= 11 is 0. The second kappa shape index (κ2) is 6.65. The number of ether oxygens (including phenoxy) is 1. The smallest absolute Gasteiger partial charge is 0.312 e. The quantitative estimate of drug-likeness (QED) is 0.676. The molecule has 0 aliphatic rings. The van der Waals surface area contributed by atoms with Crippen molar-refractivity contribution in [3.8, 4) is 11.8 Å². The van der Waals surface area contributed by atoms with E-state index in [1.165, 1.54) is 30.3 Å². The van der Waals surface area contributed by atoms with E-state index in [0.29, 0.717) is 0 Å². The summed E-state index contributed by atoms with van der Waals surface area (Å²) in [4.78, 5) is 10.3. The maximum atomic E-state index is 13.5. The summed E-state index contributed by atoms with van der Waals surface area (Å²) in [6.07, 6.45) is -1.27. The third-order valence-electron chi connectivity index (χ3n) is 2.95. The average molecular weight is 302 g/mol. The molecule has 1 atom stereocenters. The van der Waals surface area contributed by atoms with Gasteiger partial charge in [-0.3, -0.25) is 10.1 Å². The Bertz CT molecular complexity index is 743. The van der Waals surface area contributed by atoms with Crippen LogP contribution >= 0.6 is 0 Å². The SMILES string of the molecule is N#Cc1ccc(OCC(O)c2ccccc2F)c([N+](=O)[O-])c1. The van der Waals surface area contributed by atoms with Gasteiger partial charge in [-0.05, 0) is 18.2 Å². The Morgan fingerprint density at radius 3 is 2.73 bits per heavy atom. The van der Waals surface area contributed by atoms with Crippen LogP contribution in [0.4, 0.5) is 10.1 Å². The van der Waals surface area contributed by atoms with Crippen LogP contribution in [-0.4, -0.2) is 16.6 Å². The van der Waals surface area contributed by atoms with Crippen LogP contribution in [0.1, 0.15) is 17.2 Å². The van der Waals surface area contributed by atoms with Gasteiger partial charge < -0.3 is 9.84 Å². The molecule has 1 unspecified atom stereocenters. The van der Waals surface area contributed by atoms with Gasteiger partial charge in [-0.25, -0.2) is 4.39 Å². The highest BCUT2D eigenvalue weighted by Crippen LogP contribution is 2.29. The number of rotatable bonds is 5. The Morgan fingerprint density at radius 1 is 1.36 bits per heavy atom. The lowest BCUT2D eigenvalue weighted by atomic mass is 10.1. The maximum Gasteiger partial charge on any atom is 0.312 e. The molecule has 0 saturated heterocycles. The number of halogens is 1. The van der Waals surface area contributed by atoms with Crippen molar-refractivity contribution in [1.29, 1.82) is 5.26 Å². The molecule has 0 aliphatic heterocycles. The topological polar surface area (TPSA) is 96.4 Å². The Balaban J connectivity index is 2.17. The molecular weight excluding hydrogens is 291 g/mol. The fourth-order valence-electron chi connectivity index (χ4n) is 1.86. The zero-order valence-electron chi connectivity index (χ0n) is 11.3. The Kier molecular flexibility index (Phi) is 4.66. The lowest BCUT2D eigenvalue weighted by Crippen LogP contribution is -2.12. The monoisotopic (exact) mass is 302 g/mol. The first kappa shape index (κ1) is 15.4. The van der Waals surface area contributed by atoms with Crippen LogP contribution in [0.2, 0.25) is 0 Å². The lowest BCUT2D eigenvalue weighted by molar-refractivity contribution is -0.386. The van der Waals surface area contributed by atoms with Gasteiger partial charge in [-0.1, -0.05) is 18.2 Å². The Labute approximate surface area is 125 Å². The van der Waals surface area contributed by atoms with Gasteiger partial charge in [0.2, 0.25) is 0 Å². The van der Waals surface area contributed by atoms with Crippen molar-refractivity contribution in [2.75, 3.05) is 6.61 Å². The predicted molar refractivity (Wildman–Crippen MR) is 74.7 cm³/mol. The summed E-state index contributed by atoms with van der Waals surface area (Å²) in [6.45, 7) is -0.353. The van der Waals surface area contributed by atoms with Crippen LogP contribution in [0.15, 0.2) is 42.5 Å². The fraction of sp³-hybridized carbons (Fsp3) is 0.133. The molecule has 0 aliphatic carbocycles. The number of nitrogens with zero attached hydrogens (tertiary/aromatic N) is 2. The Hall–Kier alpha value is -2.98. The van der Waals surface area contributed by atoms with Crippen LogP contribution < -0.4 is 4.74 Å². The van der Waals surface area contributed by atoms with Crippen molar-refractivity contribution in [3.63, 3.8) is 0 Å². The van der Waals surface area contributed by atoms with Crippen LogP contribution in [0.3, 0.4) is 0 Å². The highest BCUT2D eigenvalue weighted by atomic mass is 19.1. The van der Waals surface area contributed by atoms with Gasteiger partial charge in [-0.15, -0.1) is 0 Å². The maximum absolute atomic E-state index is 13.5. The number of nitro benzene ring substituents is 1. The van der Waals surface area contributed by atoms with Crippen molar-refractivity contribution >= 4 is 5.69 Å². The molecule has 0 aromatic heterocycles. The zero-order chi connectivity index (χ0) is 16.1. The normalized spacial score (nSPS) is 11.5. The number of nitro groups is 1. The van der Waals surface area contributed by atoms with Gasteiger partial charge in [0.1, 0.15) is 18.5 Å². The highest BCUT2D eigenvalue weighted by molar-refractivity contribution is 5.51. The molecule has 112 valence electrons. The molecule has 2 aromatic carbocycles. The van der Waals surface area contributed by atoms with E-state index in [9.17, 15) is 19.6 Å². The summed E-state index contributed by atoms with van der Waals surface area (Å²) in [5, 5.41) is 29.6. The third kappa shape index (κ3) is 3.37. The van der Waals surface area contributed by atoms with Gasteiger partial charge in [-0.2, -0.15) is 5.26 Å². The summed E-state index contributed by atoms with van der Waals surface area (Å²) in [6, 6.07) is 11.1. The molecule has 0 spiro atoms. The molecule has 7 heteroatoms. The first-order chi connectivity index (χ1) is 10.5. The molecule has 6 nitrogen and oxygen atoms in total. The first-order valence-corrected chi connectivity index (χ1v) is 6.26. The van der Waals surface area contributed by atoms with Crippen molar-refractivity contribution in [2.24, 2.45) is 0 Å². The zero-order valence-corrected chi connectivity index (χ0v) is 11.3. The van der Waals surface area contributed by atoms with E-state index >= 15 is 0 Å². The second-order valence-electron chi connectivity index (χ2n) is 4.40. The first-order valence-electron chi connectivity index (χ1n) is 6.26. The van der Waals surface area contributed by atoms with Gasteiger partial charge in [0.05, 0.1) is 16.6 Å². The number of aliphatic hydroxyl groups excluding tert-OH is 1. The molecule has 1 N–H and O–H groups in total. The van der Waals surface area contributed by atoms with E-state index in [0.717, 1.165) is 6.07 Å². The lowest BCUT2D eigenvalue weighted by Gasteiger charge is -2.13. The average Bonchev–Trinajstić information content (AvgIpc) is 2.52. The molecule has 0 amide bonds. The van der Waals surface area contributed by atoms with Crippen molar-refractivity contribution in [1.82, 2.24) is 0 Å². The van der Waals surface area contributed by atoms with E-state index in [2.05, 4.69) is 0 Å². The van der Waals surface area contributed by atoms with E-state index in [4.69, 9.17) is 10.00 Å². The summed E-state index contributed by atoms with van der Waals surface area (Å²) in [5.74, 6) is -0.688. The van der Waals surface area contributed by atoms with Crippen LogP contribution in [0.5, 0.6) is 5.75 Å². The minimum atomic E-state index is -1.27. The molecule has 2 rings (SSSR count). The number of benzene rings is 2. The minimum absolute atomic E-state index is 0.0406. The third-order valence-corrected chi connectivity index (χ3v) is 2.95. The second-order valence-corrected chi connectivity index (χ2v) is 4.40. The van der Waals surface area contributed by atoms with E-state index in [1.54, 1.807) is 12.1 Å². The van der Waals surface area contributed by atoms with Gasteiger partial charge in [0.15, 0.2) is 5.75 Å². The van der Waals surface area contributed by atoms with Crippen LogP contribution in [0, 0.1) is 27.3 Å². The van der Waals surface area contributed by atoms with E-state index in [1.807, 2.05) is 0 Å². The van der Waals surface area contributed by atoms with E-state index in [-0.39, 0.29) is 29.2 Å². The van der Waals surface area contributed by atoms with Crippen LogP contribution in [-0.2, 0) is 0 Å². The molecular formula is C15H11FN2O4. The molecule has 0 radical (unpaired) electrons. The van der Waals surface area contributed by atoms with Gasteiger partial charge in [0, 0.05) is 11.6 Å². The molecule has 0 fully saturated rings. The summed E-state index contributed by atoms with van der Waals surface area (Å²) in [5.41, 5.74) is -0.229. The fourth-order valence-corrected chi connectivity index (χ4v) is 1.86. The molecule has 22 heavy (non-hydrogen) atoms. The molecule has 0 heterocycles. The van der Waals surface area contributed by atoms with Gasteiger partial charge in [0.25, 0.3) is 0 Å². The number of hydrogen-bond donors (Lipinski definition) is 1. The number of nitriles is 1. The largest absolute Gasteiger partial charge is 0.484 e. The molecule has 2 aromatic rings. The number of hydrogen-bond acceptors (Lipinski definition) is 5. The standard InChI is InChI=1S/C15H11FN2O4/c16-12-4-2-1-3-11(12)14(19)9-22-15-6-5-10(8-17)7-13(15)18(20)21/h1-7,14,19H,9H2. The van der Waals surface area contributed by atoms with E-state index < -0.39 is 16.8 Å². The Morgan fingerprint density at radius 2 is 2.09 bits per heavy atom. The minimum Gasteiger partial charge on any atom is -0.484 e. The number of aliphatic hydroxyl groups is 1. The summed E-state index contributed by atoms with van der Waals surface area (Å²) in [7, 11) is 0. The van der Waals surface area contributed by atoms with Crippen molar-refractivity contribution in [2.45, 2.75) is 6.10 Å². The van der Waals surface area contributed by atoms with Crippen molar-refractivity contribution < 1.29 is 19.2 Å². The van der Waals surface area contributed by atoms with Crippen molar-refractivity contribution in [3.05, 3.63) is 69.5 Å². The van der Waals surface area contributed by atoms with Crippen LogP contribution in [0.25, 0.3) is 0 Å². The van der Waals surface area contributed by atoms with Gasteiger partial charge >= 0.3 is 5.69 Å². The summed E-state index contributed by atoms with van der Waals surface area (Å²) < 4.78 is 18.7.